The van der Waals surface area contributed by atoms with Gasteiger partial charge in [-0.25, -0.2) is 9.97 Å². The van der Waals surface area contributed by atoms with Crippen LogP contribution >= 0.6 is 11.3 Å². The van der Waals surface area contributed by atoms with Crippen LogP contribution in [0.3, 0.4) is 0 Å². The predicted molar refractivity (Wildman–Crippen MR) is 186 cm³/mol. The molecule has 3 aliphatic rings. The summed E-state index contributed by atoms with van der Waals surface area (Å²) in [5, 5.41) is 3.66. The van der Waals surface area contributed by atoms with Crippen LogP contribution in [0.1, 0.15) is 81.7 Å². The van der Waals surface area contributed by atoms with Gasteiger partial charge in [0.2, 0.25) is 0 Å². The zero-order chi connectivity index (χ0) is 29.6. The molecule has 3 nitrogen and oxygen atoms in total. The molecule has 3 aromatic heterocycles. The van der Waals surface area contributed by atoms with Crippen molar-refractivity contribution in [1.29, 1.82) is 0 Å². The van der Waals surface area contributed by atoms with Gasteiger partial charge in [0.15, 0.2) is 5.82 Å². The van der Waals surface area contributed by atoms with Crippen LogP contribution in [-0.2, 0) is 0 Å². The predicted octanol–water partition coefficient (Wildman–Crippen LogP) is 11.3. The molecule has 2 atom stereocenters. The Bertz CT molecular complexity index is 1910. The summed E-state index contributed by atoms with van der Waals surface area (Å²) in [6, 6.07) is 23.9. The molecule has 2 unspecified atom stereocenters. The minimum absolute atomic E-state index is 0.427. The van der Waals surface area contributed by atoms with Crippen molar-refractivity contribution in [3.05, 3.63) is 113 Å². The Morgan fingerprint density at radius 2 is 1.61 bits per heavy atom. The smallest absolute Gasteiger partial charge is 0.160 e. The van der Waals surface area contributed by atoms with Crippen molar-refractivity contribution in [3.63, 3.8) is 0 Å². The summed E-state index contributed by atoms with van der Waals surface area (Å²) in [6.45, 7) is 4.72. The third kappa shape index (κ3) is 4.90. The first-order valence-electron chi connectivity index (χ1n) is 16.4. The molecule has 1 saturated carbocycles. The van der Waals surface area contributed by atoms with Gasteiger partial charge < -0.3 is 4.57 Å². The maximum atomic E-state index is 5.15. The average molecular weight is 594 g/mol. The Kier molecular flexibility index (Phi) is 7.18. The van der Waals surface area contributed by atoms with Crippen molar-refractivity contribution in [3.8, 4) is 28.3 Å². The van der Waals surface area contributed by atoms with Gasteiger partial charge in [-0.05, 0) is 84.9 Å². The molecule has 0 spiro atoms. The lowest BCUT2D eigenvalue weighted by atomic mass is 9.76. The molecule has 0 N–H and O–H groups in total. The number of allylic oxidation sites excluding steroid dienone is 5. The molecule has 0 amide bonds. The molecule has 0 bridgehead atoms. The van der Waals surface area contributed by atoms with E-state index in [1.54, 1.807) is 5.57 Å². The molecule has 44 heavy (non-hydrogen) atoms. The van der Waals surface area contributed by atoms with E-state index in [0.29, 0.717) is 11.8 Å². The summed E-state index contributed by atoms with van der Waals surface area (Å²) in [5.74, 6) is 2.48. The lowest BCUT2D eigenvalue weighted by Crippen LogP contribution is -2.16. The second-order valence-electron chi connectivity index (χ2n) is 13.0. The Morgan fingerprint density at radius 3 is 2.41 bits per heavy atom. The largest absolute Gasteiger partial charge is 0.304 e. The third-order valence-corrected chi connectivity index (χ3v) is 10.9. The molecule has 4 heteroatoms. The lowest BCUT2D eigenvalue weighted by molar-refractivity contribution is 0.391. The second kappa shape index (κ2) is 11.5. The van der Waals surface area contributed by atoms with Crippen LogP contribution in [0.5, 0.6) is 0 Å². The first-order chi connectivity index (χ1) is 21.6. The number of fused-ring (bicyclic) bond motifs is 3. The van der Waals surface area contributed by atoms with Gasteiger partial charge in [0.05, 0.1) is 11.4 Å². The Morgan fingerprint density at radius 1 is 0.818 bits per heavy atom. The standard InChI is InChI=1S/C40H39N3S/c1-26-11-9-10-16-33(26)37-25-36(29-14-7-4-8-15-29)41-39(42-37)30-17-19-32(20-18-30)43-38-27(2)23-31(28-12-5-3-6-13-28)24-35(38)34-21-22-44-40(34)43/h4,7-10,14-22,24-28H,3,5-6,11-13,23H2,1-2H3. The lowest BCUT2D eigenvalue weighted by Gasteiger charge is -2.30. The Hall–Kier alpha value is -4.02. The molecule has 2 aromatic carbocycles. The highest BCUT2D eigenvalue weighted by Crippen LogP contribution is 2.46. The molecule has 220 valence electrons. The highest BCUT2D eigenvalue weighted by molar-refractivity contribution is 7.16. The molecule has 3 aliphatic carbocycles. The molecule has 1 fully saturated rings. The monoisotopic (exact) mass is 593 g/mol. The summed E-state index contributed by atoms with van der Waals surface area (Å²) in [7, 11) is 0. The maximum Gasteiger partial charge on any atom is 0.160 e. The van der Waals surface area contributed by atoms with E-state index in [1.807, 2.05) is 11.3 Å². The second-order valence-corrected chi connectivity index (χ2v) is 13.9. The van der Waals surface area contributed by atoms with E-state index in [0.717, 1.165) is 40.7 Å². The summed E-state index contributed by atoms with van der Waals surface area (Å²) >= 11 is 1.86. The van der Waals surface area contributed by atoms with E-state index in [9.17, 15) is 0 Å². The van der Waals surface area contributed by atoms with Gasteiger partial charge in [-0.2, -0.15) is 0 Å². The first-order valence-corrected chi connectivity index (χ1v) is 17.3. The number of rotatable bonds is 5. The van der Waals surface area contributed by atoms with E-state index in [-0.39, 0.29) is 0 Å². The van der Waals surface area contributed by atoms with Gasteiger partial charge in [-0.15, -0.1) is 11.3 Å². The molecular weight excluding hydrogens is 555 g/mol. The van der Waals surface area contributed by atoms with Crippen molar-refractivity contribution in [1.82, 2.24) is 14.5 Å². The SMILES string of the molecule is CC1CC=CC=C1c1cc(-c2ccccc2)nc(-c2ccc(-n3c4c(c5ccsc53)C=C(C3CCCCC3)CC4C)cc2)n1. The fourth-order valence-electron chi connectivity index (χ4n) is 7.72. The zero-order valence-electron chi connectivity index (χ0n) is 25.7. The van der Waals surface area contributed by atoms with E-state index < -0.39 is 0 Å². The summed E-state index contributed by atoms with van der Waals surface area (Å²) in [5.41, 5.74) is 11.2. The van der Waals surface area contributed by atoms with Crippen molar-refractivity contribution in [2.75, 3.05) is 0 Å². The van der Waals surface area contributed by atoms with Gasteiger partial charge >= 0.3 is 0 Å². The van der Waals surface area contributed by atoms with Crippen LogP contribution in [0.4, 0.5) is 0 Å². The zero-order valence-corrected chi connectivity index (χ0v) is 26.5. The van der Waals surface area contributed by atoms with E-state index in [2.05, 4.69) is 115 Å². The van der Waals surface area contributed by atoms with Crippen molar-refractivity contribution in [2.24, 2.45) is 11.8 Å². The normalized spacial score (nSPS) is 20.4. The fraction of sp³-hybridized carbons (Fsp3) is 0.300. The Balaban J connectivity index is 1.20. The topological polar surface area (TPSA) is 30.7 Å². The van der Waals surface area contributed by atoms with E-state index in [4.69, 9.17) is 9.97 Å². The van der Waals surface area contributed by atoms with Crippen molar-refractivity contribution < 1.29 is 0 Å². The maximum absolute atomic E-state index is 5.15. The van der Waals surface area contributed by atoms with Crippen LogP contribution in [0.15, 0.2) is 95.9 Å². The van der Waals surface area contributed by atoms with Crippen LogP contribution in [-0.4, -0.2) is 14.5 Å². The number of aromatic nitrogens is 3. The summed E-state index contributed by atoms with van der Waals surface area (Å²) < 4.78 is 2.53. The van der Waals surface area contributed by atoms with Crippen LogP contribution < -0.4 is 0 Å². The highest BCUT2D eigenvalue weighted by atomic mass is 32.1. The van der Waals surface area contributed by atoms with Gasteiger partial charge in [0.1, 0.15) is 4.83 Å². The third-order valence-electron chi connectivity index (χ3n) is 10.0. The number of hydrogen-bond acceptors (Lipinski definition) is 3. The molecule has 5 aromatic rings. The first kappa shape index (κ1) is 27.5. The molecule has 8 rings (SSSR count). The fourth-order valence-corrected chi connectivity index (χ4v) is 8.66. The van der Waals surface area contributed by atoms with Gasteiger partial charge in [0.25, 0.3) is 0 Å². The van der Waals surface area contributed by atoms with E-state index in [1.165, 1.54) is 71.3 Å². The molecule has 0 aliphatic heterocycles. The summed E-state index contributed by atoms with van der Waals surface area (Å²) in [6.07, 6.45) is 18.3. The van der Waals surface area contributed by atoms with Gasteiger partial charge in [0, 0.05) is 39.4 Å². The number of nitrogens with zero attached hydrogens (tertiary/aromatic N) is 3. The van der Waals surface area contributed by atoms with Crippen LogP contribution in [0, 0.1) is 11.8 Å². The van der Waals surface area contributed by atoms with Crippen molar-refractivity contribution >= 4 is 33.2 Å². The molecule has 3 heterocycles. The molecular formula is C40H39N3S. The number of hydrogen-bond donors (Lipinski definition) is 0. The number of thiophene rings is 1. The van der Waals surface area contributed by atoms with Gasteiger partial charge in [-0.3, -0.25) is 0 Å². The average Bonchev–Trinajstić information content (AvgIpc) is 3.68. The van der Waals surface area contributed by atoms with Crippen molar-refractivity contribution in [2.45, 2.75) is 64.7 Å². The van der Waals surface area contributed by atoms with Crippen LogP contribution in [0.25, 0.3) is 50.2 Å². The van der Waals surface area contributed by atoms with Crippen LogP contribution in [0.2, 0.25) is 0 Å². The summed E-state index contributed by atoms with van der Waals surface area (Å²) in [4.78, 5) is 11.6. The van der Waals surface area contributed by atoms with E-state index >= 15 is 0 Å². The minimum Gasteiger partial charge on any atom is -0.304 e. The molecule has 0 radical (unpaired) electrons. The highest BCUT2D eigenvalue weighted by Gasteiger charge is 2.30. The minimum atomic E-state index is 0.427. The Labute approximate surface area is 264 Å². The molecule has 0 saturated heterocycles. The number of benzene rings is 2. The quantitative estimate of drug-likeness (QED) is 0.203. The van der Waals surface area contributed by atoms with Gasteiger partial charge in [-0.1, -0.05) is 93.3 Å².